The number of carbonyl (C=O) groups excluding carboxylic acids is 2. The third-order valence-electron chi connectivity index (χ3n) is 4.29. The van der Waals surface area contributed by atoms with E-state index >= 15 is 0 Å². The third-order valence-corrected chi connectivity index (χ3v) is 4.29. The van der Waals surface area contributed by atoms with Gasteiger partial charge in [0.2, 0.25) is 0 Å². The van der Waals surface area contributed by atoms with E-state index in [0.717, 1.165) is 18.4 Å². The number of carbonyl (C=O) groups is 2. The summed E-state index contributed by atoms with van der Waals surface area (Å²) in [4.78, 5) is 24.2. The number of nitrogens with one attached hydrogen (secondary N) is 2. The molecule has 1 saturated carbocycles. The molecular weight excluding hydrogens is 304 g/mol. The normalized spacial score (nSPS) is 14.6. The summed E-state index contributed by atoms with van der Waals surface area (Å²) in [6, 6.07) is 14.6. The predicted molar refractivity (Wildman–Crippen MR) is 92.0 cm³/mol. The van der Waals surface area contributed by atoms with E-state index in [1.807, 2.05) is 31.2 Å². The van der Waals surface area contributed by atoms with Gasteiger partial charge in [-0.1, -0.05) is 42.0 Å². The Bertz CT molecular complexity index is 764. The molecule has 5 heteroatoms. The molecule has 0 bridgehead atoms. The number of amides is 2. The van der Waals surface area contributed by atoms with Gasteiger partial charge in [0.25, 0.3) is 0 Å². The average molecular weight is 324 g/mol. The predicted octanol–water partition coefficient (Wildman–Crippen LogP) is 3.59. The van der Waals surface area contributed by atoms with Crippen molar-refractivity contribution in [2.45, 2.75) is 25.3 Å². The molecule has 2 amide bonds. The van der Waals surface area contributed by atoms with Gasteiger partial charge < -0.3 is 15.4 Å². The minimum Gasteiger partial charge on any atom is -0.465 e. The zero-order valence-corrected chi connectivity index (χ0v) is 13.8. The lowest BCUT2D eigenvalue weighted by Crippen LogP contribution is -2.38. The van der Waals surface area contributed by atoms with E-state index < -0.39 is 5.97 Å². The highest BCUT2D eigenvalue weighted by atomic mass is 16.5. The molecule has 24 heavy (non-hydrogen) atoms. The molecule has 0 atom stereocenters. The van der Waals surface area contributed by atoms with Gasteiger partial charge in [0, 0.05) is 0 Å². The fraction of sp³-hybridized carbons (Fsp3) is 0.263. The van der Waals surface area contributed by atoms with Crippen LogP contribution in [0.2, 0.25) is 0 Å². The summed E-state index contributed by atoms with van der Waals surface area (Å²) < 4.78 is 4.74. The Balaban J connectivity index is 1.73. The number of hydrogen-bond acceptors (Lipinski definition) is 3. The first-order valence-electron chi connectivity index (χ1n) is 7.88. The number of benzene rings is 2. The van der Waals surface area contributed by atoms with Gasteiger partial charge in [-0.25, -0.2) is 9.59 Å². The van der Waals surface area contributed by atoms with Crippen LogP contribution in [0.25, 0.3) is 0 Å². The Morgan fingerprint density at radius 1 is 1.04 bits per heavy atom. The van der Waals surface area contributed by atoms with Crippen molar-refractivity contribution in [1.29, 1.82) is 0 Å². The highest BCUT2D eigenvalue weighted by Crippen LogP contribution is 2.45. The Kier molecular flexibility index (Phi) is 4.25. The fourth-order valence-corrected chi connectivity index (χ4v) is 2.73. The van der Waals surface area contributed by atoms with Crippen LogP contribution in [0.3, 0.4) is 0 Å². The van der Waals surface area contributed by atoms with Gasteiger partial charge in [-0.15, -0.1) is 0 Å². The number of aryl methyl sites for hydroxylation is 1. The van der Waals surface area contributed by atoms with Gasteiger partial charge in [0.1, 0.15) is 0 Å². The van der Waals surface area contributed by atoms with Crippen molar-refractivity contribution in [3.05, 3.63) is 65.2 Å². The largest absolute Gasteiger partial charge is 0.465 e. The Morgan fingerprint density at radius 3 is 2.33 bits per heavy atom. The summed E-state index contributed by atoms with van der Waals surface area (Å²) in [5, 5.41) is 5.79. The van der Waals surface area contributed by atoms with E-state index in [9.17, 15) is 9.59 Å². The third kappa shape index (κ3) is 3.25. The van der Waals surface area contributed by atoms with Crippen LogP contribution in [0.4, 0.5) is 10.5 Å². The van der Waals surface area contributed by atoms with Crippen molar-refractivity contribution in [1.82, 2.24) is 5.32 Å². The van der Waals surface area contributed by atoms with Gasteiger partial charge >= 0.3 is 12.0 Å². The molecule has 0 aliphatic heterocycles. The molecule has 1 aliphatic rings. The minimum atomic E-state index is -0.481. The van der Waals surface area contributed by atoms with Gasteiger partial charge in [0.05, 0.1) is 23.9 Å². The van der Waals surface area contributed by atoms with Crippen molar-refractivity contribution in [2.75, 3.05) is 12.4 Å². The van der Waals surface area contributed by atoms with Gasteiger partial charge in [-0.3, -0.25) is 0 Å². The van der Waals surface area contributed by atoms with Crippen molar-refractivity contribution in [3.8, 4) is 0 Å². The maximum atomic E-state index is 12.4. The number of para-hydroxylation sites is 1. The average Bonchev–Trinajstić information content (AvgIpc) is 3.35. The van der Waals surface area contributed by atoms with Crippen molar-refractivity contribution in [3.63, 3.8) is 0 Å². The number of hydrogen-bond donors (Lipinski definition) is 2. The molecule has 3 rings (SSSR count). The van der Waals surface area contributed by atoms with E-state index in [1.165, 1.54) is 12.7 Å². The second-order valence-corrected chi connectivity index (χ2v) is 6.06. The highest BCUT2D eigenvalue weighted by molar-refractivity contribution is 6.01. The number of anilines is 1. The zero-order chi connectivity index (χ0) is 17.2. The monoisotopic (exact) mass is 324 g/mol. The van der Waals surface area contributed by atoms with Crippen LogP contribution in [0.1, 0.15) is 34.3 Å². The molecule has 0 unspecified atom stereocenters. The molecule has 1 fully saturated rings. The molecule has 0 radical (unpaired) electrons. The lowest BCUT2D eigenvalue weighted by molar-refractivity contribution is 0.0602. The molecule has 0 heterocycles. The first kappa shape index (κ1) is 16.1. The Hall–Kier alpha value is -2.82. The Labute approximate surface area is 141 Å². The van der Waals surface area contributed by atoms with E-state index in [0.29, 0.717) is 11.3 Å². The van der Waals surface area contributed by atoms with E-state index in [-0.39, 0.29) is 11.6 Å². The van der Waals surface area contributed by atoms with Gasteiger partial charge in [0.15, 0.2) is 0 Å². The van der Waals surface area contributed by atoms with Crippen LogP contribution in [0, 0.1) is 6.92 Å². The smallest absolute Gasteiger partial charge is 0.339 e. The number of methoxy groups -OCH3 is 1. The van der Waals surface area contributed by atoms with Crippen LogP contribution in [0.5, 0.6) is 0 Å². The second-order valence-electron chi connectivity index (χ2n) is 6.06. The number of esters is 1. The van der Waals surface area contributed by atoms with E-state index in [2.05, 4.69) is 10.6 Å². The maximum Gasteiger partial charge on any atom is 0.339 e. The summed E-state index contributed by atoms with van der Waals surface area (Å²) in [7, 11) is 1.32. The molecular formula is C19H20N2O3. The van der Waals surface area contributed by atoms with Crippen LogP contribution in [0.15, 0.2) is 48.5 Å². The first-order chi connectivity index (χ1) is 11.5. The number of urea groups is 1. The molecule has 0 saturated heterocycles. The highest BCUT2D eigenvalue weighted by Gasteiger charge is 2.45. The van der Waals surface area contributed by atoms with E-state index in [4.69, 9.17) is 4.74 Å². The van der Waals surface area contributed by atoms with Crippen molar-refractivity contribution < 1.29 is 14.3 Å². The quantitative estimate of drug-likeness (QED) is 0.845. The lowest BCUT2D eigenvalue weighted by Gasteiger charge is -2.19. The summed E-state index contributed by atoms with van der Waals surface area (Å²) in [6.07, 6.45) is 1.81. The SMILES string of the molecule is COC(=O)c1ccccc1NC(=O)NC1(c2ccc(C)cc2)CC1. The summed E-state index contributed by atoms with van der Waals surface area (Å²) in [6.45, 7) is 2.03. The summed E-state index contributed by atoms with van der Waals surface area (Å²) in [5.41, 5.74) is 2.74. The van der Waals surface area contributed by atoms with Crippen LogP contribution in [-0.2, 0) is 10.3 Å². The molecule has 2 aromatic carbocycles. The van der Waals surface area contributed by atoms with Crippen LogP contribution in [-0.4, -0.2) is 19.1 Å². The molecule has 0 spiro atoms. The molecule has 5 nitrogen and oxygen atoms in total. The second kappa shape index (κ2) is 6.35. The van der Waals surface area contributed by atoms with Gasteiger partial charge in [-0.2, -0.15) is 0 Å². The zero-order valence-electron chi connectivity index (χ0n) is 13.8. The van der Waals surface area contributed by atoms with Crippen molar-refractivity contribution >= 4 is 17.7 Å². The van der Waals surface area contributed by atoms with Crippen LogP contribution < -0.4 is 10.6 Å². The maximum absolute atomic E-state index is 12.4. The first-order valence-corrected chi connectivity index (χ1v) is 7.88. The summed E-state index contributed by atoms with van der Waals surface area (Å²) >= 11 is 0. The molecule has 2 N–H and O–H groups in total. The van der Waals surface area contributed by atoms with Gasteiger partial charge in [-0.05, 0) is 37.5 Å². The van der Waals surface area contributed by atoms with E-state index in [1.54, 1.807) is 24.3 Å². The standard InChI is InChI=1S/C19H20N2O3/c1-13-7-9-14(10-8-13)19(11-12-19)21-18(23)20-16-6-4-3-5-15(16)17(22)24-2/h3-10H,11-12H2,1-2H3,(H2,20,21,23). The molecule has 2 aromatic rings. The minimum absolute atomic E-state index is 0.308. The molecule has 124 valence electrons. The molecule has 1 aliphatic carbocycles. The fourth-order valence-electron chi connectivity index (χ4n) is 2.73. The summed E-state index contributed by atoms with van der Waals surface area (Å²) in [5.74, 6) is -0.481. The number of ether oxygens (including phenoxy) is 1. The van der Waals surface area contributed by atoms with Crippen molar-refractivity contribution in [2.24, 2.45) is 0 Å². The Morgan fingerprint density at radius 2 is 1.71 bits per heavy atom. The van der Waals surface area contributed by atoms with Crippen LogP contribution >= 0.6 is 0 Å². The topological polar surface area (TPSA) is 67.4 Å². The number of rotatable bonds is 4. The molecule has 0 aromatic heterocycles. The lowest BCUT2D eigenvalue weighted by atomic mass is 10.0.